The van der Waals surface area contributed by atoms with E-state index in [2.05, 4.69) is 24.3 Å². The van der Waals surface area contributed by atoms with Crippen molar-refractivity contribution >= 4 is 5.91 Å². The van der Waals surface area contributed by atoms with Gasteiger partial charge in [0.15, 0.2) is 5.76 Å². The van der Waals surface area contributed by atoms with Gasteiger partial charge in [-0.3, -0.25) is 4.79 Å². The number of benzene rings is 1. The quantitative estimate of drug-likeness (QED) is 0.870. The summed E-state index contributed by atoms with van der Waals surface area (Å²) in [6.07, 6.45) is 1.97. The van der Waals surface area contributed by atoms with Crippen molar-refractivity contribution in [2.75, 3.05) is 20.2 Å². The molecule has 23 heavy (non-hydrogen) atoms. The summed E-state index contributed by atoms with van der Waals surface area (Å²) in [5, 5.41) is 0. The van der Waals surface area contributed by atoms with E-state index in [0.717, 1.165) is 18.6 Å². The van der Waals surface area contributed by atoms with Crippen LogP contribution in [0, 0.1) is 12.8 Å². The van der Waals surface area contributed by atoms with Crippen LogP contribution in [0.4, 0.5) is 0 Å². The molecule has 1 aromatic heterocycles. The maximum absolute atomic E-state index is 12.6. The highest BCUT2D eigenvalue weighted by Crippen LogP contribution is 2.25. The summed E-state index contributed by atoms with van der Waals surface area (Å²) in [5.41, 5.74) is 1.28. The van der Waals surface area contributed by atoms with Gasteiger partial charge in [0, 0.05) is 26.1 Å². The molecule has 1 aromatic carbocycles. The number of carbonyl (C=O) groups is 1. The van der Waals surface area contributed by atoms with Crippen LogP contribution in [0.1, 0.15) is 28.3 Å². The predicted octanol–water partition coefficient (Wildman–Crippen LogP) is 3.31. The molecule has 0 bridgehead atoms. The van der Waals surface area contributed by atoms with Crippen LogP contribution in [-0.2, 0) is 11.2 Å². The zero-order valence-corrected chi connectivity index (χ0v) is 13.7. The standard InChI is InChI=1S/C19H23NO3/c1-14-8-9-18(23-14)19(21)20-11-10-17(22-2)16(13-20)12-15-6-4-3-5-7-15/h3-9,16-17H,10-13H2,1-2H3/t16-,17-/m1/s1. The number of rotatable bonds is 4. The highest BCUT2D eigenvalue weighted by Gasteiger charge is 2.32. The van der Waals surface area contributed by atoms with Crippen LogP contribution in [0.25, 0.3) is 0 Å². The van der Waals surface area contributed by atoms with E-state index >= 15 is 0 Å². The summed E-state index contributed by atoms with van der Waals surface area (Å²) in [4.78, 5) is 14.5. The van der Waals surface area contributed by atoms with Crippen molar-refractivity contribution in [2.24, 2.45) is 5.92 Å². The van der Waals surface area contributed by atoms with E-state index in [1.807, 2.05) is 24.0 Å². The first-order chi connectivity index (χ1) is 11.2. The number of amides is 1. The van der Waals surface area contributed by atoms with Gasteiger partial charge in [0.25, 0.3) is 5.91 Å². The monoisotopic (exact) mass is 313 g/mol. The third kappa shape index (κ3) is 3.64. The summed E-state index contributed by atoms with van der Waals surface area (Å²) in [6.45, 7) is 3.26. The molecule has 0 aliphatic carbocycles. The molecule has 2 heterocycles. The summed E-state index contributed by atoms with van der Waals surface area (Å²) >= 11 is 0. The van der Waals surface area contributed by atoms with Crippen molar-refractivity contribution in [3.63, 3.8) is 0 Å². The highest BCUT2D eigenvalue weighted by molar-refractivity contribution is 5.91. The summed E-state index contributed by atoms with van der Waals surface area (Å²) in [7, 11) is 1.76. The van der Waals surface area contributed by atoms with Crippen LogP contribution in [0.2, 0.25) is 0 Å². The van der Waals surface area contributed by atoms with E-state index < -0.39 is 0 Å². The predicted molar refractivity (Wildman–Crippen MR) is 88.4 cm³/mol. The Morgan fingerprint density at radius 2 is 2.04 bits per heavy atom. The van der Waals surface area contributed by atoms with E-state index in [4.69, 9.17) is 9.15 Å². The van der Waals surface area contributed by atoms with Crippen LogP contribution >= 0.6 is 0 Å². The zero-order valence-electron chi connectivity index (χ0n) is 13.7. The SMILES string of the molecule is CO[C@@H]1CCN(C(=O)c2ccc(C)o2)C[C@H]1Cc1ccccc1. The molecule has 0 N–H and O–H groups in total. The third-order valence-corrected chi connectivity index (χ3v) is 4.55. The average molecular weight is 313 g/mol. The van der Waals surface area contributed by atoms with Gasteiger partial charge in [-0.05, 0) is 37.5 Å². The Labute approximate surface area is 137 Å². The second-order valence-corrected chi connectivity index (χ2v) is 6.17. The van der Waals surface area contributed by atoms with Crippen LogP contribution in [-0.4, -0.2) is 37.1 Å². The number of furan rings is 1. The van der Waals surface area contributed by atoms with Crippen molar-refractivity contribution < 1.29 is 13.9 Å². The number of carbonyl (C=O) groups excluding carboxylic acids is 1. The number of hydrogen-bond acceptors (Lipinski definition) is 3. The second kappa shape index (κ2) is 7.01. The fourth-order valence-electron chi connectivity index (χ4n) is 3.32. The van der Waals surface area contributed by atoms with Gasteiger partial charge in [0.1, 0.15) is 5.76 Å². The normalized spacial score (nSPS) is 21.4. The van der Waals surface area contributed by atoms with Crippen LogP contribution in [0.5, 0.6) is 0 Å². The first kappa shape index (κ1) is 15.8. The minimum Gasteiger partial charge on any atom is -0.456 e. The number of piperidine rings is 1. The first-order valence-electron chi connectivity index (χ1n) is 8.10. The molecule has 3 rings (SSSR count). The molecule has 0 spiro atoms. The minimum absolute atomic E-state index is 0.0225. The lowest BCUT2D eigenvalue weighted by Crippen LogP contribution is -2.47. The number of hydrogen-bond donors (Lipinski definition) is 0. The molecule has 4 heteroatoms. The molecule has 2 atom stereocenters. The maximum Gasteiger partial charge on any atom is 0.289 e. The summed E-state index contributed by atoms with van der Waals surface area (Å²) in [6, 6.07) is 14.0. The molecule has 0 saturated carbocycles. The van der Waals surface area contributed by atoms with Crippen LogP contribution in [0.15, 0.2) is 46.9 Å². The summed E-state index contributed by atoms with van der Waals surface area (Å²) < 4.78 is 11.1. The number of likely N-dealkylation sites (tertiary alicyclic amines) is 1. The van der Waals surface area contributed by atoms with Crippen LogP contribution < -0.4 is 0 Å². The van der Waals surface area contributed by atoms with E-state index in [-0.39, 0.29) is 12.0 Å². The molecule has 1 saturated heterocycles. The Balaban J connectivity index is 1.71. The number of ether oxygens (including phenoxy) is 1. The molecule has 2 aromatic rings. The van der Waals surface area contributed by atoms with Gasteiger partial charge < -0.3 is 14.1 Å². The van der Waals surface area contributed by atoms with E-state index in [1.54, 1.807) is 13.2 Å². The highest BCUT2D eigenvalue weighted by atomic mass is 16.5. The van der Waals surface area contributed by atoms with Crippen molar-refractivity contribution in [3.8, 4) is 0 Å². The smallest absolute Gasteiger partial charge is 0.289 e. The van der Waals surface area contributed by atoms with Gasteiger partial charge >= 0.3 is 0 Å². The summed E-state index contributed by atoms with van der Waals surface area (Å²) in [5.74, 6) is 1.47. The van der Waals surface area contributed by atoms with Gasteiger partial charge in [0.2, 0.25) is 0 Å². The Morgan fingerprint density at radius 1 is 1.26 bits per heavy atom. The molecule has 1 aliphatic rings. The molecule has 1 fully saturated rings. The van der Waals surface area contributed by atoms with E-state index in [0.29, 0.717) is 24.8 Å². The molecule has 4 nitrogen and oxygen atoms in total. The van der Waals surface area contributed by atoms with Gasteiger partial charge in [-0.25, -0.2) is 0 Å². The Hall–Kier alpha value is -2.07. The zero-order chi connectivity index (χ0) is 16.2. The Kier molecular flexibility index (Phi) is 4.82. The number of nitrogens with zero attached hydrogens (tertiary/aromatic N) is 1. The molecule has 1 aliphatic heterocycles. The van der Waals surface area contributed by atoms with Crippen molar-refractivity contribution in [1.82, 2.24) is 4.90 Å². The lowest BCUT2D eigenvalue weighted by Gasteiger charge is -2.37. The van der Waals surface area contributed by atoms with Gasteiger partial charge in [-0.15, -0.1) is 0 Å². The third-order valence-electron chi connectivity index (χ3n) is 4.55. The lowest BCUT2D eigenvalue weighted by molar-refractivity contribution is -0.00392. The van der Waals surface area contributed by atoms with Crippen molar-refractivity contribution in [2.45, 2.75) is 25.9 Å². The van der Waals surface area contributed by atoms with Gasteiger partial charge in [-0.1, -0.05) is 30.3 Å². The molecule has 1 amide bonds. The molecular formula is C19H23NO3. The topological polar surface area (TPSA) is 42.7 Å². The van der Waals surface area contributed by atoms with Crippen molar-refractivity contribution in [3.05, 3.63) is 59.5 Å². The first-order valence-corrected chi connectivity index (χ1v) is 8.10. The van der Waals surface area contributed by atoms with Gasteiger partial charge in [0.05, 0.1) is 6.10 Å². The molecular weight excluding hydrogens is 290 g/mol. The maximum atomic E-state index is 12.6. The number of methoxy groups -OCH3 is 1. The largest absolute Gasteiger partial charge is 0.456 e. The molecule has 0 radical (unpaired) electrons. The van der Waals surface area contributed by atoms with Crippen molar-refractivity contribution in [1.29, 1.82) is 0 Å². The average Bonchev–Trinajstić information content (AvgIpc) is 3.01. The Bertz CT molecular complexity index is 650. The fourth-order valence-corrected chi connectivity index (χ4v) is 3.32. The van der Waals surface area contributed by atoms with Gasteiger partial charge in [-0.2, -0.15) is 0 Å². The van der Waals surface area contributed by atoms with E-state index in [1.165, 1.54) is 5.56 Å². The lowest BCUT2D eigenvalue weighted by atomic mass is 9.88. The van der Waals surface area contributed by atoms with Crippen LogP contribution in [0.3, 0.4) is 0 Å². The molecule has 0 unspecified atom stereocenters. The Morgan fingerprint density at radius 3 is 2.70 bits per heavy atom. The molecule has 122 valence electrons. The number of aryl methyl sites for hydroxylation is 1. The fraction of sp³-hybridized carbons (Fsp3) is 0.421. The second-order valence-electron chi connectivity index (χ2n) is 6.17. The minimum atomic E-state index is -0.0225. The van der Waals surface area contributed by atoms with E-state index in [9.17, 15) is 4.79 Å².